The largest absolute Gasteiger partial charge is 0.458 e. The molecule has 2 rings (SSSR count). The van der Waals surface area contributed by atoms with Gasteiger partial charge in [0, 0.05) is 0 Å². The Morgan fingerprint density at radius 1 is 1.65 bits per heavy atom. The molecule has 2 heterocycles. The van der Waals surface area contributed by atoms with E-state index >= 15 is 4.39 Å². The Balaban J connectivity index is 2.38. The van der Waals surface area contributed by atoms with Gasteiger partial charge in [-0.1, -0.05) is 26.1 Å². The van der Waals surface area contributed by atoms with Gasteiger partial charge in [-0.2, -0.15) is 0 Å². The molecule has 5 atom stereocenters. The zero-order valence-electron chi connectivity index (χ0n) is 15.7. The van der Waals surface area contributed by atoms with Crippen molar-refractivity contribution in [1.29, 1.82) is 0 Å². The lowest BCUT2D eigenvalue weighted by Gasteiger charge is -2.24. The van der Waals surface area contributed by atoms with E-state index in [4.69, 9.17) is 13.2 Å². The van der Waals surface area contributed by atoms with Crippen molar-refractivity contribution in [2.24, 2.45) is 11.7 Å². The minimum absolute atomic E-state index is 0.345. The summed E-state index contributed by atoms with van der Waals surface area (Å²) in [5.74, 6) is -6.71. The van der Waals surface area contributed by atoms with Crippen molar-refractivity contribution in [3.8, 4) is 0 Å². The van der Waals surface area contributed by atoms with Crippen molar-refractivity contribution in [3.63, 3.8) is 0 Å². The fourth-order valence-corrected chi connectivity index (χ4v) is 2.25. The van der Waals surface area contributed by atoms with Gasteiger partial charge in [-0.05, 0) is 5.92 Å². The van der Waals surface area contributed by atoms with Crippen molar-refractivity contribution in [1.82, 2.24) is 9.55 Å². The normalized spacial score (nSPS) is 31.5. The van der Waals surface area contributed by atoms with Gasteiger partial charge < -0.3 is 25.4 Å². The number of alkyl halides is 1. The van der Waals surface area contributed by atoms with Crippen LogP contribution in [0, 0.1) is 16.4 Å². The maximum Gasteiger partial charge on any atom is 0.328 e. The number of nitrogens with zero attached hydrogens (tertiary/aromatic N) is 1. The first-order valence-electron chi connectivity index (χ1n) is 8.45. The number of carbonyl (C=O) groups is 1. The molecule has 146 valence electrons. The van der Waals surface area contributed by atoms with E-state index < -0.39 is 64.9 Å². The maximum absolute atomic E-state index is 15.2. The topological polar surface area (TPSA) is 140 Å². The molecule has 0 aromatic carbocycles. The number of nitrogens with one attached hydrogen (secondary N) is 1. The summed E-state index contributed by atoms with van der Waals surface area (Å²) in [7, 11) is 0. The molecule has 1 aromatic heterocycles. The zero-order chi connectivity index (χ0) is 21.6. The Morgan fingerprint density at radius 3 is 2.85 bits per heavy atom. The number of aliphatic hydroxyl groups is 2. The van der Waals surface area contributed by atoms with E-state index in [2.05, 4.69) is 17.0 Å². The minimum Gasteiger partial charge on any atom is -0.458 e. The minimum atomic E-state index is -3.80. The highest BCUT2D eigenvalue weighted by atomic mass is 32.1. The van der Waals surface area contributed by atoms with Gasteiger partial charge in [0.25, 0.3) is 5.85 Å². The molecule has 0 bridgehead atoms. The average Bonchev–Trinajstić information content (AvgIpc) is 2.82. The molecule has 26 heavy (non-hydrogen) atoms. The van der Waals surface area contributed by atoms with Crippen molar-refractivity contribution in [2.45, 2.75) is 44.2 Å². The van der Waals surface area contributed by atoms with Crippen LogP contribution < -0.4 is 11.4 Å². The second-order valence-electron chi connectivity index (χ2n) is 6.03. The standard InChI is InChI=1S/C14H19F2N3O6S/c1-5(2)7(17)12(22)24-4-14(16)9(21)8(20)11(25-14)19-3-6(15)10(26)18-13(19)23/h3,5,7-9,11,20-21H,4,17H2,1-2H3,(H,18,23,26)/t7-,8+,9-,11+,14+/m0/s1/i4D2. The monoisotopic (exact) mass is 397 g/mol. The number of nitrogens with two attached hydrogens (primary N) is 1. The lowest BCUT2D eigenvalue weighted by molar-refractivity contribution is -0.217. The number of hydrogen-bond acceptors (Lipinski definition) is 8. The second kappa shape index (κ2) is 7.48. The van der Waals surface area contributed by atoms with Crippen LogP contribution in [0.1, 0.15) is 22.8 Å². The summed E-state index contributed by atoms with van der Waals surface area (Å²) in [6, 6.07) is -1.30. The van der Waals surface area contributed by atoms with Crippen LogP contribution in [0.5, 0.6) is 0 Å². The SMILES string of the molecule is [2H]C([2H])(OC(=O)[C@@H](N)C(C)C)[C@@]1(F)O[C@@H](n2cc(F)c(=S)[nH]c2=O)[C@H](O)[C@@H]1O. The molecular formula is C14H19F2N3O6S. The summed E-state index contributed by atoms with van der Waals surface area (Å²) in [6.45, 7) is -0.545. The van der Waals surface area contributed by atoms with E-state index in [0.717, 1.165) is 0 Å². The van der Waals surface area contributed by atoms with Gasteiger partial charge in [-0.25, -0.2) is 13.6 Å². The zero-order valence-corrected chi connectivity index (χ0v) is 14.5. The highest BCUT2D eigenvalue weighted by Gasteiger charge is 2.57. The van der Waals surface area contributed by atoms with Crippen LogP contribution in [0.15, 0.2) is 11.0 Å². The third-order valence-electron chi connectivity index (χ3n) is 3.77. The lowest BCUT2D eigenvalue weighted by Crippen LogP contribution is -2.46. The summed E-state index contributed by atoms with van der Waals surface area (Å²) in [5.41, 5.74) is 4.40. The van der Waals surface area contributed by atoms with Gasteiger partial charge in [0.05, 0.1) is 8.94 Å². The Hall–Kier alpha value is -1.73. The summed E-state index contributed by atoms with van der Waals surface area (Å²) in [5, 5.41) is 20.1. The Morgan fingerprint density at radius 2 is 2.27 bits per heavy atom. The fraction of sp³-hybridized carbons (Fsp3) is 0.643. The second-order valence-corrected chi connectivity index (χ2v) is 6.43. The molecular weight excluding hydrogens is 376 g/mol. The molecule has 0 radical (unpaired) electrons. The van der Waals surface area contributed by atoms with Gasteiger partial charge in [-0.3, -0.25) is 14.3 Å². The molecule has 12 heteroatoms. The first-order chi connectivity index (χ1) is 12.7. The molecule has 1 aromatic rings. The Bertz CT molecular complexity index is 881. The number of halogens is 2. The van der Waals surface area contributed by atoms with E-state index in [9.17, 15) is 24.2 Å². The van der Waals surface area contributed by atoms with Crippen molar-refractivity contribution >= 4 is 18.2 Å². The fourth-order valence-electron chi connectivity index (χ4n) is 2.11. The van der Waals surface area contributed by atoms with Crippen LogP contribution in [-0.4, -0.2) is 56.4 Å². The summed E-state index contributed by atoms with van der Waals surface area (Å²) in [4.78, 5) is 25.7. The van der Waals surface area contributed by atoms with Crippen molar-refractivity contribution < 1.29 is 36.0 Å². The van der Waals surface area contributed by atoms with Crippen LogP contribution in [0.3, 0.4) is 0 Å². The number of aromatic nitrogens is 2. The van der Waals surface area contributed by atoms with Crippen LogP contribution in [-0.2, 0) is 14.3 Å². The predicted molar refractivity (Wildman–Crippen MR) is 85.6 cm³/mol. The van der Waals surface area contributed by atoms with E-state index in [1.807, 2.05) is 4.98 Å². The van der Waals surface area contributed by atoms with Crippen LogP contribution in [0.2, 0.25) is 0 Å². The van der Waals surface area contributed by atoms with E-state index in [-0.39, 0.29) is 0 Å². The molecule has 1 fully saturated rings. The number of hydrogen-bond donors (Lipinski definition) is 4. The number of rotatable bonds is 5. The van der Waals surface area contributed by atoms with Gasteiger partial charge in [-0.15, -0.1) is 0 Å². The third kappa shape index (κ3) is 3.83. The van der Waals surface area contributed by atoms with E-state index in [1.54, 1.807) is 0 Å². The summed E-state index contributed by atoms with van der Waals surface area (Å²) >= 11 is 4.52. The smallest absolute Gasteiger partial charge is 0.328 e. The molecule has 9 nitrogen and oxygen atoms in total. The van der Waals surface area contributed by atoms with Crippen LogP contribution in [0.25, 0.3) is 0 Å². The number of H-pyrrole nitrogens is 1. The molecule has 0 saturated carbocycles. The quantitative estimate of drug-likeness (QED) is 0.385. The number of esters is 1. The van der Waals surface area contributed by atoms with Crippen molar-refractivity contribution in [2.75, 3.05) is 6.56 Å². The summed E-state index contributed by atoms with van der Waals surface area (Å²) < 4.78 is 53.2. The lowest BCUT2D eigenvalue weighted by atomic mass is 10.1. The average molecular weight is 397 g/mol. The Labute approximate surface area is 154 Å². The number of aromatic amines is 1. The first kappa shape index (κ1) is 17.7. The van der Waals surface area contributed by atoms with Gasteiger partial charge in [0.1, 0.15) is 22.9 Å². The van der Waals surface area contributed by atoms with Crippen LogP contribution >= 0.6 is 12.2 Å². The highest BCUT2D eigenvalue weighted by molar-refractivity contribution is 7.71. The Kier molecular flexibility index (Phi) is 5.09. The molecule has 5 N–H and O–H groups in total. The predicted octanol–water partition coefficient (Wildman–Crippen LogP) is -0.512. The molecule has 1 aliphatic heterocycles. The number of ether oxygens (including phenoxy) is 2. The number of aliphatic hydroxyl groups excluding tert-OH is 2. The van der Waals surface area contributed by atoms with Crippen LogP contribution in [0.4, 0.5) is 8.78 Å². The molecule has 0 spiro atoms. The maximum atomic E-state index is 15.2. The third-order valence-corrected chi connectivity index (χ3v) is 4.07. The highest BCUT2D eigenvalue weighted by Crippen LogP contribution is 2.38. The molecule has 0 amide bonds. The molecule has 0 unspecified atom stereocenters. The van der Waals surface area contributed by atoms with Gasteiger partial charge >= 0.3 is 11.7 Å². The van der Waals surface area contributed by atoms with Gasteiger partial charge in [0.2, 0.25) is 0 Å². The molecule has 1 saturated heterocycles. The number of carbonyl (C=O) groups excluding carboxylic acids is 1. The van der Waals surface area contributed by atoms with E-state index in [1.165, 1.54) is 13.8 Å². The summed E-state index contributed by atoms with van der Waals surface area (Å²) in [6.07, 6.45) is -6.39. The molecule has 1 aliphatic rings. The van der Waals surface area contributed by atoms with E-state index in [0.29, 0.717) is 10.8 Å². The van der Waals surface area contributed by atoms with Gasteiger partial charge in [0.15, 0.2) is 18.6 Å². The van der Waals surface area contributed by atoms with Crippen molar-refractivity contribution in [3.05, 3.63) is 27.1 Å². The first-order valence-corrected chi connectivity index (χ1v) is 7.86. The molecule has 0 aliphatic carbocycles.